The molecule has 0 aliphatic carbocycles. The average Bonchev–Trinajstić information content (AvgIpc) is 2.81. The second-order valence-electron chi connectivity index (χ2n) is 3.80. The van der Waals surface area contributed by atoms with Crippen molar-refractivity contribution < 1.29 is 4.79 Å². The number of pyridine rings is 1. The Kier molecular flexibility index (Phi) is 8.35. The molecule has 1 fully saturated rings. The van der Waals surface area contributed by atoms with Crippen molar-refractivity contribution in [2.75, 3.05) is 11.6 Å². The molecule has 1 atom stereocenters. The van der Waals surface area contributed by atoms with Gasteiger partial charge in [-0.15, -0.1) is 36.6 Å². The van der Waals surface area contributed by atoms with Gasteiger partial charge in [0, 0.05) is 30.1 Å². The van der Waals surface area contributed by atoms with E-state index in [2.05, 4.69) is 15.6 Å². The molecule has 2 rings (SSSR count). The van der Waals surface area contributed by atoms with Crippen LogP contribution in [-0.2, 0) is 11.3 Å². The summed E-state index contributed by atoms with van der Waals surface area (Å²) in [6.45, 7) is 2.50. The van der Waals surface area contributed by atoms with Crippen LogP contribution in [-0.4, -0.2) is 28.6 Å². The van der Waals surface area contributed by atoms with Gasteiger partial charge in [-0.25, -0.2) is 0 Å². The highest BCUT2D eigenvalue weighted by Gasteiger charge is 2.21. The van der Waals surface area contributed by atoms with Gasteiger partial charge in [-0.3, -0.25) is 15.1 Å². The van der Waals surface area contributed by atoms with Gasteiger partial charge >= 0.3 is 0 Å². The largest absolute Gasteiger partial charge is 0.351 e. The predicted octanol–water partition coefficient (Wildman–Crippen LogP) is 1.51. The van der Waals surface area contributed by atoms with E-state index in [1.54, 1.807) is 18.0 Å². The summed E-state index contributed by atoms with van der Waals surface area (Å²) < 4.78 is 0. The van der Waals surface area contributed by atoms with E-state index >= 15 is 0 Å². The third-order valence-electron chi connectivity index (χ3n) is 2.47. The maximum Gasteiger partial charge on any atom is 0.238 e. The monoisotopic (exact) mass is 309 g/mol. The Labute approximate surface area is 124 Å². The van der Waals surface area contributed by atoms with Crippen molar-refractivity contribution in [2.24, 2.45) is 0 Å². The van der Waals surface area contributed by atoms with E-state index in [-0.39, 0.29) is 36.8 Å². The van der Waals surface area contributed by atoms with Crippen LogP contribution in [0.4, 0.5) is 0 Å². The molecule has 2 N–H and O–H groups in total. The van der Waals surface area contributed by atoms with E-state index in [1.807, 2.05) is 19.1 Å². The first-order chi connectivity index (χ1) is 7.75. The van der Waals surface area contributed by atoms with Crippen LogP contribution in [0.3, 0.4) is 0 Å². The van der Waals surface area contributed by atoms with Gasteiger partial charge in [-0.1, -0.05) is 6.07 Å². The molecule has 102 valence electrons. The minimum Gasteiger partial charge on any atom is -0.351 e. The van der Waals surface area contributed by atoms with Crippen LogP contribution in [0.5, 0.6) is 0 Å². The molecule has 0 bridgehead atoms. The molecule has 4 nitrogen and oxygen atoms in total. The SMILES string of the molecule is Cc1ccc(CNC(=O)C2CSCN2)cn1.Cl.Cl. The molecule has 1 aliphatic rings. The quantitative estimate of drug-likeness (QED) is 0.889. The highest BCUT2D eigenvalue weighted by molar-refractivity contribution is 7.99. The van der Waals surface area contributed by atoms with E-state index in [1.165, 1.54) is 0 Å². The van der Waals surface area contributed by atoms with Crippen molar-refractivity contribution in [1.29, 1.82) is 0 Å². The maximum atomic E-state index is 11.7. The standard InChI is InChI=1S/C11H15N3OS.2ClH/c1-8-2-3-9(4-12-8)5-13-11(15)10-6-16-7-14-10;;/h2-4,10,14H,5-7H2,1H3,(H,13,15);2*1H. The maximum absolute atomic E-state index is 11.7. The number of nitrogens with zero attached hydrogens (tertiary/aromatic N) is 1. The molecule has 1 aromatic heterocycles. The Hall–Kier alpha value is -0.490. The van der Waals surface area contributed by atoms with Crippen LogP contribution < -0.4 is 10.6 Å². The molecule has 1 aliphatic heterocycles. The Balaban J connectivity index is 0.00000144. The number of carbonyl (C=O) groups is 1. The van der Waals surface area contributed by atoms with Crippen LogP contribution in [0.15, 0.2) is 18.3 Å². The van der Waals surface area contributed by atoms with Crippen molar-refractivity contribution in [1.82, 2.24) is 15.6 Å². The lowest BCUT2D eigenvalue weighted by molar-refractivity contribution is -0.122. The number of nitrogens with one attached hydrogen (secondary N) is 2. The van der Waals surface area contributed by atoms with Crippen LogP contribution >= 0.6 is 36.6 Å². The Bertz CT molecular complexity index is 369. The number of halogens is 2. The summed E-state index contributed by atoms with van der Waals surface area (Å²) in [6.07, 6.45) is 1.80. The third kappa shape index (κ3) is 5.02. The van der Waals surface area contributed by atoms with Crippen molar-refractivity contribution in [2.45, 2.75) is 19.5 Å². The minimum atomic E-state index is -0.0385. The molecule has 1 unspecified atom stereocenters. The van der Waals surface area contributed by atoms with Gasteiger partial charge in [0.1, 0.15) is 0 Å². The van der Waals surface area contributed by atoms with Crippen molar-refractivity contribution >= 4 is 42.5 Å². The van der Waals surface area contributed by atoms with Gasteiger partial charge < -0.3 is 5.32 Å². The van der Waals surface area contributed by atoms with E-state index in [4.69, 9.17) is 0 Å². The zero-order valence-electron chi connectivity index (χ0n) is 10.0. The van der Waals surface area contributed by atoms with E-state index in [0.29, 0.717) is 6.54 Å². The summed E-state index contributed by atoms with van der Waals surface area (Å²) in [4.78, 5) is 15.9. The van der Waals surface area contributed by atoms with E-state index < -0.39 is 0 Å². The fourth-order valence-corrected chi connectivity index (χ4v) is 2.42. The molecule has 0 radical (unpaired) electrons. The minimum absolute atomic E-state index is 0. The van der Waals surface area contributed by atoms with Gasteiger partial charge in [0.15, 0.2) is 0 Å². The summed E-state index contributed by atoms with van der Waals surface area (Å²) >= 11 is 1.75. The predicted molar refractivity (Wildman–Crippen MR) is 79.6 cm³/mol. The van der Waals surface area contributed by atoms with Crippen molar-refractivity contribution in [3.8, 4) is 0 Å². The summed E-state index contributed by atoms with van der Waals surface area (Å²) in [6, 6.07) is 3.90. The summed E-state index contributed by atoms with van der Waals surface area (Å²) in [5, 5.41) is 6.04. The highest BCUT2D eigenvalue weighted by atomic mass is 35.5. The molecule has 1 amide bonds. The highest BCUT2D eigenvalue weighted by Crippen LogP contribution is 2.09. The van der Waals surface area contributed by atoms with Gasteiger partial charge in [0.25, 0.3) is 0 Å². The normalized spacial score (nSPS) is 17.5. The Morgan fingerprint density at radius 3 is 2.89 bits per heavy atom. The number of hydrogen-bond donors (Lipinski definition) is 2. The lowest BCUT2D eigenvalue weighted by atomic mass is 10.2. The van der Waals surface area contributed by atoms with Crippen LogP contribution in [0.25, 0.3) is 0 Å². The lowest BCUT2D eigenvalue weighted by Crippen LogP contribution is -2.41. The fourth-order valence-electron chi connectivity index (χ4n) is 1.48. The van der Waals surface area contributed by atoms with E-state index in [0.717, 1.165) is 22.9 Å². The van der Waals surface area contributed by atoms with Gasteiger partial charge in [-0.05, 0) is 18.6 Å². The first-order valence-electron chi connectivity index (χ1n) is 5.26. The molecule has 1 aromatic rings. The van der Waals surface area contributed by atoms with Crippen LogP contribution in [0.1, 0.15) is 11.3 Å². The molecule has 0 spiro atoms. The molecule has 2 heterocycles. The number of rotatable bonds is 3. The summed E-state index contributed by atoms with van der Waals surface area (Å²) in [7, 11) is 0. The lowest BCUT2D eigenvalue weighted by Gasteiger charge is -2.10. The molecule has 0 saturated carbocycles. The van der Waals surface area contributed by atoms with Crippen LogP contribution in [0.2, 0.25) is 0 Å². The van der Waals surface area contributed by atoms with Gasteiger partial charge in [-0.2, -0.15) is 0 Å². The molecular formula is C11H17Cl2N3OS. The van der Waals surface area contributed by atoms with Crippen molar-refractivity contribution in [3.63, 3.8) is 0 Å². The summed E-state index contributed by atoms with van der Waals surface area (Å²) in [5.41, 5.74) is 2.02. The second-order valence-corrected chi connectivity index (χ2v) is 4.83. The topological polar surface area (TPSA) is 54.0 Å². The average molecular weight is 310 g/mol. The third-order valence-corrected chi connectivity index (χ3v) is 3.41. The molecule has 7 heteroatoms. The number of hydrogen-bond acceptors (Lipinski definition) is 4. The van der Waals surface area contributed by atoms with Crippen molar-refractivity contribution in [3.05, 3.63) is 29.6 Å². The molecule has 18 heavy (non-hydrogen) atoms. The molecular weight excluding hydrogens is 293 g/mol. The zero-order chi connectivity index (χ0) is 11.4. The molecule has 0 aromatic carbocycles. The number of amides is 1. The van der Waals surface area contributed by atoms with Gasteiger partial charge in [0.05, 0.1) is 6.04 Å². The number of thioether (sulfide) groups is 1. The number of aromatic nitrogens is 1. The van der Waals surface area contributed by atoms with Crippen LogP contribution in [0, 0.1) is 6.92 Å². The Morgan fingerprint density at radius 2 is 2.33 bits per heavy atom. The first kappa shape index (κ1) is 17.5. The smallest absolute Gasteiger partial charge is 0.238 e. The zero-order valence-corrected chi connectivity index (χ0v) is 12.5. The Morgan fingerprint density at radius 1 is 1.56 bits per heavy atom. The number of aryl methyl sites for hydroxylation is 1. The first-order valence-corrected chi connectivity index (χ1v) is 6.41. The van der Waals surface area contributed by atoms with Gasteiger partial charge in [0.2, 0.25) is 5.91 Å². The number of carbonyl (C=O) groups excluding carboxylic acids is 1. The molecule has 1 saturated heterocycles. The fraction of sp³-hybridized carbons (Fsp3) is 0.455. The second kappa shape index (κ2) is 8.58. The van der Waals surface area contributed by atoms with E-state index in [9.17, 15) is 4.79 Å². The summed E-state index contributed by atoms with van der Waals surface area (Å²) in [5.74, 6) is 1.80.